The number of carbonyl (C=O) groups is 8. The van der Waals surface area contributed by atoms with Crippen LogP contribution in [-0.4, -0.2) is 106 Å². The molecule has 15 rings (SSSR count). The molecule has 0 amide bonds. The van der Waals surface area contributed by atoms with E-state index in [0.717, 1.165) is 70.6 Å². The zero-order chi connectivity index (χ0) is 66.1. The number of cyclic esters (lactones) is 1. The minimum absolute atomic E-state index is 0.0244. The van der Waals surface area contributed by atoms with Gasteiger partial charge in [0.25, 0.3) is 0 Å². The number of ether oxygens (including phenoxy) is 8. The highest BCUT2D eigenvalue weighted by molar-refractivity contribution is 5.87. The predicted molar refractivity (Wildman–Crippen MR) is 337 cm³/mol. The van der Waals surface area contributed by atoms with Gasteiger partial charge in [0.2, 0.25) is 6.10 Å². The van der Waals surface area contributed by atoms with Gasteiger partial charge in [0.15, 0.2) is 6.61 Å². The van der Waals surface area contributed by atoms with Crippen LogP contribution in [0.25, 0.3) is 0 Å². The van der Waals surface area contributed by atoms with Crippen molar-refractivity contribution in [2.45, 2.75) is 284 Å². The number of fused-ring (bicyclic) bond motifs is 2. The van der Waals surface area contributed by atoms with Gasteiger partial charge in [0.05, 0.1) is 46.2 Å². The smallest absolute Gasteiger partial charge is 0.347 e. The van der Waals surface area contributed by atoms with Crippen molar-refractivity contribution in [2.75, 3.05) is 13.2 Å². The largest absolute Gasteiger partial charge is 0.463 e. The van der Waals surface area contributed by atoms with E-state index in [1.165, 1.54) is 12.8 Å². The number of hydrogen-bond donors (Lipinski definition) is 1. The van der Waals surface area contributed by atoms with E-state index in [1.54, 1.807) is 48.5 Å². The van der Waals surface area contributed by atoms with Gasteiger partial charge in [-0.2, -0.15) is 0 Å². The molecule has 92 heavy (non-hydrogen) atoms. The van der Waals surface area contributed by atoms with E-state index < -0.39 is 116 Å². The third-order valence-corrected chi connectivity index (χ3v) is 26.4. The van der Waals surface area contributed by atoms with Crippen molar-refractivity contribution in [2.24, 2.45) is 110 Å². The summed E-state index contributed by atoms with van der Waals surface area (Å²) in [4.78, 5) is 119. The molecule has 14 aliphatic carbocycles. The minimum Gasteiger partial charge on any atom is -0.463 e. The highest BCUT2D eigenvalue weighted by atomic mass is 16.6. The molecule has 17 nitrogen and oxygen atoms in total. The summed E-state index contributed by atoms with van der Waals surface area (Å²) in [6.45, 7) is 21.4. The van der Waals surface area contributed by atoms with Gasteiger partial charge in [0, 0.05) is 18.8 Å². The van der Waals surface area contributed by atoms with Crippen LogP contribution in [0.1, 0.15) is 244 Å². The van der Waals surface area contributed by atoms with Gasteiger partial charge >= 0.3 is 47.8 Å². The van der Waals surface area contributed by atoms with Crippen molar-refractivity contribution in [1.29, 1.82) is 0 Å². The van der Waals surface area contributed by atoms with Gasteiger partial charge in [-0.15, -0.1) is 0 Å². The standard InChI is InChI=1S/C75H110O17/c1-13-69(9,65(82)92-75(42(2)3)54-26-46-19-47(28-54)29-55(75)27-46)39-71(11,66(83)91-72(12)52-22-44-18-45(24-52)25-53(72)23-44)40-70(10,64(81)88-57-16-17-85-62(57)79)37-51(61(78)90-74-34-48-20-49(35-74)33-73(84,32-48)41-74)36-68(7,8)63(80)86-38-60(77)87-58(31-59(76)89-67(4,5)6)56-30-43-14-15-50(56)21-43/h14-15,42-58,84H,13,16-41H2,1-12H3. The fraction of sp³-hybridized carbons (Fsp3) is 0.867. The molecule has 0 spiro atoms. The lowest BCUT2D eigenvalue weighted by Gasteiger charge is -2.62. The monoisotopic (exact) mass is 1280 g/mol. The molecular formula is C75H110O17. The maximum atomic E-state index is 16.3. The van der Waals surface area contributed by atoms with E-state index in [2.05, 4.69) is 32.9 Å². The molecule has 14 bridgehead atoms. The average Bonchev–Trinajstić information content (AvgIpc) is 0.852. The first kappa shape index (κ1) is 67.4. The van der Waals surface area contributed by atoms with Crippen LogP contribution in [-0.2, 0) is 76.3 Å². The van der Waals surface area contributed by atoms with E-state index in [-0.39, 0.29) is 111 Å². The Morgan fingerprint density at radius 1 is 0.630 bits per heavy atom. The second-order valence-corrected chi connectivity index (χ2v) is 35.9. The molecule has 11 atom stereocenters. The zero-order valence-electron chi connectivity index (χ0n) is 57.5. The second kappa shape index (κ2) is 24.2. The van der Waals surface area contributed by atoms with Gasteiger partial charge in [-0.05, 0) is 281 Å². The van der Waals surface area contributed by atoms with E-state index in [4.69, 9.17) is 37.9 Å². The highest BCUT2D eigenvalue weighted by Crippen LogP contribution is 2.65. The lowest BCUT2D eigenvalue weighted by Crippen LogP contribution is -2.63. The Bertz CT molecular complexity index is 2860. The maximum Gasteiger partial charge on any atom is 0.347 e. The summed E-state index contributed by atoms with van der Waals surface area (Å²) in [6, 6.07) is 0. The molecule has 17 heteroatoms. The minimum atomic E-state index is -1.84. The van der Waals surface area contributed by atoms with E-state index in [9.17, 15) is 24.3 Å². The summed E-state index contributed by atoms with van der Waals surface area (Å²) in [7, 11) is 0. The van der Waals surface area contributed by atoms with Crippen LogP contribution in [0.3, 0.4) is 0 Å². The van der Waals surface area contributed by atoms with E-state index in [0.29, 0.717) is 61.7 Å². The summed E-state index contributed by atoms with van der Waals surface area (Å²) in [5, 5.41) is 12.0. The molecule has 1 heterocycles. The number of rotatable bonds is 25. The third kappa shape index (κ3) is 13.0. The quantitative estimate of drug-likeness (QED) is 0.0509. The van der Waals surface area contributed by atoms with E-state index in [1.807, 2.05) is 13.8 Å². The SMILES string of the molecule is CCC(C)(CC(C)(CC(C)(CC(CC(C)(C)C(=O)OCC(=O)OC(CC(=O)OC(C)(C)C)C1CC2C=CC1C2)C(=O)OC12CC3CC(CC(O)(C3)C1)C2)C(=O)OC1CCOC1=O)C(=O)OC1(C)C2CC3CC(C2)CC1C3)C(=O)OC1(C(C)C)C2CC3CC(C2)CC1C3. The summed E-state index contributed by atoms with van der Waals surface area (Å²) in [5.41, 5.74) is -10.6. The Hall–Kier alpha value is -4.54. The van der Waals surface area contributed by atoms with Gasteiger partial charge in [-0.25, -0.2) is 9.59 Å². The predicted octanol–water partition coefficient (Wildman–Crippen LogP) is 12.7. The number of hydrogen-bond acceptors (Lipinski definition) is 17. The van der Waals surface area contributed by atoms with Crippen LogP contribution in [0, 0.1) is 110 Å². The first-order valence-corrected chi connectivity index (χ1v) is 36.1. The van der Waals surface area contributed by atoms with Crippen molar-refractivity contribution in [3.05, 3.63) is 12.2 Å². The molecule has 0 aromatic rings. The van der Waals surface area contributed by atoms with Crippen LogP contribution < -0.4 is 0 Å². The van der Waals surface area contributed by atoms with Gasteiger partial charge < -0.3 is 43.0 Å². The van der Waals surface area contributed by atoms with Crippen molar-refractivity contribution in [3.63, 3.8) is 0 Å². The molecule has 13 saturated carbocycles. The molecule has 14 fully saturated rings. The molecule has 1 N–H and O–H groups in total. The van der Waals surface area contributed by atoms with Gasteiger partial charge in [-0.1, -0.05) is 32.9 Å². The normalized spacial score (nSPS) is 40.0. The highest BCUT2D eigenvalue weighted by Gasteiger charge is 2.65. The molecule has 0 aromatic carbocycles. The number of aliphatic hydroxyl groups is 1. The number of carbonyl (C=O) groups excluding carboxylic acids is 8. The number of esters is 8. The van der Waals surface area contributed by atoms with E-state index >= 15 is 19.2 Å². The first-order valence-electron chi connectivity index (χ1n) is 36.1. The molecule has 0 radical (unpaired) electrons. The van der Waals surface area contributed by atoms with Crippen molar-refractivity contribution < 1.29 is 81.4 Å². The zero-order valence-corrected chi connectivity index (χ0v) is 57.5. The molecule has 15 aliphatic rings. The third-order valence-electron chi connectivity index (χ3n) is 26.4. The second-order valence-electron chi connectivity index (χ2n) is 35.9. The van der Waals surface area contributed by atoms with Crippen molar-refractivity contribution in [1.82, 2.24) is 0 Å². The fourth-order valence-corrected chi connectivity index (χ4v) is 23.0. The summed E-state index contributed by atoms with van der Waals surface area (Å²) in [5.74, 6) is -3.03. The Labute approximate surface area is 546 Å². The Morgan fingerprint density at radius 2 is 1.20 bits per heavy atom. The van der Waals surface area contributed by atoms with Crippen LogP contribution in [0.4, 0.5) is 0 Å². The Morgan fingerprint density at radius 3 is 1.71 bits per heavy atom. The van der Waals surface area contributed by atoms with Gasteiger partial charge in [-0.3, -0.25) is 28.8 Å². The molecule has 1 aliphatic heterocycles. The van der Waals surface area contributed by atoms with Crippen LogP contribution in [0.15, 0.2) is 12.2 Å². The van der Waals surface area contributed by atoms with Crippen molar-refractivity contribution >= 4 is 47.8 Å². The fourth-order valence-electron chi connectivity index (χ4n) is 23.0. The first-order chi connectivity index (χ1) is 43.0. The molecule has 0 aromatic heterocycles. The molecular weight excluding hydrogens is 1170 g/mol. The van der Waals surface area contributed by atoms with Crippen LogP contribution >= 0.6 is 0 Å². The average molecular weight is 1280 g/mol. The maximum absolute atomic E-state index is 16.3. The van der Waals surface area contributed by atoms with Crippen molar-refractivity contribution in [3.8, 4) is 0 Å². The Kier molecular flexibility index (Phi) is 17.8. The van der Waals surface area contributed by atoms with Gasteiger partial charge in [0.1, 0.15) is 28.5 Å². The van der Waals surface area contributed by atoms with Crippen LogP contribution in [0.2, 0.25) is 0 Å². The topological polar surface area (TPSA) is 231 Å². The lowest BCUT2D eigenvalue weighted by molar-refractivity contribution is -0.234. The lowest BCUT2D eigenvalue weighted by atomic mass is 9.47. The van der Waals surface area contributed by atoms with Crippen LogP contribution in [0.5, 0.6) is 0 Å². The summed E-state index contributed by atoms with van der Waals surface area (Å²) >= 11 is 0. The molecule has 1 saturated heterocycles. The molecule has 11 unspecified atom stereocenters. The Balaban J connectivity index is 0.868. The summed E-state index contributed by atoms with van der Waals surface area (Å²) < 4.78 is 50.3. The molecule has 512 valence electrons. The summed E-state index contributed by atoms with van der Waals surface area (Å²) in [6.07, 6.45) is 16.8. The number of allylic oxidation sites excluding steroid dienone is 2.